The molecule has 1 atom stereocenters. The molecule has 0 bridgehead atoms. The minimum absolute atomic E-state index is 0.451. The lowest BCUT2D eigenvalue weighted by Crippen LogP contribution is -1.98. The van der Waals surface area contributed by atoms with Crippen molar-refractivity contribution in [2.24, 2.45) is 0 Å². The van der Waals surface area contributed by atoms with Gasteiger partial charge >= 0.3 is 0 Å². The van der Waals surface area contributed by atoms with Gasteiger partial charge < -0.3 is 9.52 Å². The van der Waals surface area contributed by atoms with Crippen molar-refractivity contribution in [1.29, 1.82) is 0 Å². The third-order valence-electron chi connectivity index (χ3n) is 3.46. The fourth-order valence-corrected chi connectivity index (χ4v) is 2.31. The predicted molar refractivity (Wildman–Crippen MR) is 79.4 cm³/mol. The first-order valence-electron chi connectivity index (χ1n) is 7.40. The standard InChI is InChI=1S/C17H23NO2/c1-14-13-20-17(18-14)16(19)12-8-3-2-5-9-15-10-6-4-7-11-15/h4,6-7,10-11,13,16,19H,2-3,5,8-9,12H2,1H3. The second kappa shape index (κ2) is 7.85. The monoisotopic (exact) mass is 273 g/mol. The van der Waals surface area contributed by atoms with Crippen molar-refractivity contribution in [3.8, 4) is 0 Å². The van der Waals surface area contributed by atoms with Crippen molar-refractivity contribution in [3.05, 3.63) is 53.7 Å². The van der Waals surface area contributed by atoms with E-state index < -0.39 is 6.10 Å². The highest BCUT2D eigenvalue weighted by molar-refractivity contribution is 5.14. The number of hydrogen-bond acceptors (Lipinski definition) is 3. The third-order valence-corrected chi connectivity index (χ3v) is 3.46. The zero-order valence-electron chi connectivity index (χ0n) is 12.1. The topological polar surface area (TPSA) is 46.3 Å². The van der Waals surface area contributed by atoms with Crippen molar-refractivity contribution in [3.63, 3.8) is 0 Å². The van der Waals surface area contributed by atoms with Crippen molar-refractivity contribution >= 4 is 0 Å². The van der Waals surface area contributed by atoms with E-state index in [0.29, 0.717) is 5.89 Å². The van der Waals surface area contributed by atoms with Crippen molar-refractivity contribution in [2.45, 2.75) is 51.6 Å². The number of rotatable bonds is 8. The Balaban J connectivity index is 1.55. The number of aliphatic hydroxyl groups excluding tert-OH is 1. The van der Waals surface area contributed by atoms with E-state index in [9.17, 15) is 5.11 Å². The number of unbranched alkanes of at least 4 members (excludes halogenated alkanes) is 3. The van der Waals surface area contributed by atoms with Crippen LogP contribution in [0.1, 0.15) is 55.4 Å². The molecular weight excluding hydrogens is 250 g/mol. The average Bonchev–Trinajstić information content (AvgIpc) is 2.90. The van der Waals surface area contributed by atoms with E-state index in [1.54, 1.807) is 6.26 Å². The molecule has 1 heterocycles. The van der Waals surface area contributed by atoms with Gasteiger partial charge in [-0.1, -0.05) is 49.6 Å². The van der Waals surface area contributed by atoms with Gasteiger partial charge in [-0.3, -0.25) is 0 Å². The van der Waals surface area contributed by atoms with Crippen LogP contribution in [0.5, 0.6) is 0 Å². The van der Waals surface area contributed by atoms with E-state index >= 15 is 0 Å². The normalized spacial score (nSPS) is 12.5. The molecule has 0 saturated carbocycles. The second-order valence-corrected chi connectivity index (χ2v) is 5.28. The molecule has 1 unspecified atom stereocenters. The third kappa shape index (κ3) is 4.82. The number of aromatic nitrogens is 1. The first-order valence-corrected chi connectivity index (χ1v) is 7.40. The fraction of sp³-hybridized carbons (Fsp3) is 0.471. The number of hydrogen-bond donors (Lipinski definition) is 1. The Labute approximate surface area is 120 Å². The molecule has 1 N–H and O–H groups in total. The first-order chi connectivity index (χ1) is 9.75. The van der Waals surface area contributed by atoms with Crippen LogP contribution in [0, 0.1) is 6.92 Å². The summed E-state index contributed by atoms with van der Waals surface area (Å²) in [7, 11) is 0. The maximum absolute atomic E-state index is 9.91. The van der Waals surface area contributed by atoms with Gasteiger partial charge in [0.1, 0.15) is 12.4 Å². The minimum Gasteiger partial charge on any atom is -0.446 e. The molecule has 0 aliphatic carbocycles. The number of nitrogens with zero attached hydrogens (tertiary/aromatic N) is 1. The molecule has 0 radical (unpaired) electrons. The Bertz CT molecular complexity index is 493. The smallest absolute Gasteiger partial charge is 0.223 e. The van der Waals surface area contributed by atoms with Crippen LogP contribution in [0.25, 0.3) is 0 Å². The molecule has 0 saturated heterocycles. The van der Waals surface area contributed by atoms with E-state index in [4.69, 9.17) is 4.42 Å². The molecule has 0 spiro atoms. The van der Waals surface area contributed by atoms with E-state index in [1.807, 2.05) is 6.92 Å². The summed E-state index contributed by atoms with van der Waals surface area (Å²) in [6.07, 6.45) is 7.45. The van der Waals surface area contributed by atoms with Crippen LogP contribution in [0.2, 0.25) is 0 Å². The summed E-state index contributed by atoms with van der Waals surface area (Å²) >= 11 is 0. The molecule has 0 fully saturated rings. The summed E-state index contributed by atoms with van der Waals surface area (Å²) < 4.78 is 5.20. The first kappa shape index (κ1) is 14.8. The molecule has 2 aromatic rings. The van der Waals surface area contributed by atoms with Crippen LogP contribution >= 0.6 is 0 Å². The largest absolute Gasteiger partial charge is 0.446 e. The quantitative estimate of drug-likeness (QED) is 0.733. The summed E-state index contributed by atoms with van der Waals surface area (Å²) in [6.45, 7) is 1.86. The van der Waals surface area contributed by atoms with Crippen molar-refractivity contribution < 1.29 is 9.52 Å². The highest BCUT2D eigenvalue weighted by atomic mass is 16.4. The maximum Gasteiger partial charge on any atom is 0.223 e. The van der Waals surface area contributed by atoms with Gasteiger partial charge in [-0.2, -0.15) is 0 Å². The molecule has 0 aliphatic rings. The molecule has 20 heavy (non-hydrogen) atoms. The van der Waals surface area contributed by atoms with Gasteiger partial charge in [-0.05, 0) is 31.7 Å². The summed E-state index contributed by atoms with van der Waals surface area (Å²) in [5.74, 6) is 0.451. The zero-order chi connectivity index (χ0) is 14.2. The molecule has 3 heteroatoms. The van der Waals surface area contributed by atoms with Crippen molar-refractivity contribution in [2.75, 3.05) is 0 Å². The SMILES string of the molecule is Cc1coc(C(O)CCCCCCc2ccccc2)n1. The van der Waals surface area contributed by atoms with Gasteiger partial charge in [0.2, 0.25) is 5.89 Å². The number of benzene rings is 1. The Morgan fingerprint density at radius 3 is 2.55 bits per heavy atom. The molecule has 1 aromatic carbocycles. The predicted octanol–water partition coefficient (Wildman–Crippen LogP) is 4.21. The van der Waals surface area contributed by atoms with Gasteiger partial charge in [0.25, 0.3) is 0 Å². The Morgan fingerprint density at radius 1 is 1.10 bits per heavy atom. The molecule has 0 aliphatic heterocycles. The van der Waals surface area contributed by atoms with Gasteiger partial charge in [0.05, 0.1) is 5.69 Å². The van der Waals surface area contributed by atoms with Gasteiger partial charge in [-0.25, -0.2) is 4.98 Å². The van der Waals surface area contributed by atoms with Crippen molar-refractivity contribution in [1.82, 2.24) is 4.98 Å². The summed E-state index contributed by atoms with van der Waals surface area (Å²) in [6, 6.07) is 10.6. The Morgan fingerprint density at radius 2 is 1.85 bits per heavy atom. The molecular formula is C17H23NO2. The van der Waals surface area contributed by atoms with Gasteiger partial charge in [-0.15, -0.1) is 0 Å². The van der Waals surface area contributed by atoms with Crippen LogP contribution in [-0.2, 0) is 6.42 Å². The van der Waals surface area contributed by atoms with E-state index in [1.165, 1.54) is 18.4 Å². The molecule has 2 rings (SSSR count). The number of aliphatic hydroxyl groups is 1. The number of aryl methyl sites for hydroxylation is 2. The van der Waals surface area contributed by atoms with E-state index in [0.717, 1.165) is 31.4 Å². The van der Waals surface area contributed by atoms with Crippen LogP contribution in [0.3, 0.4) is 0 Å². The van der Waals surface area contributed by atoms with Gasteiger partial charge in [0.15, 0.2) is 0 Å². The number of oxazole rings is 1. The van der Waals surface area contributed by atoms with E-state index in [-0.39, 0.29) is 0 Å². The highest BCUT2D eigenvalue weighted by Gasteiger charge is 2.12. The summed E-state index contributed by atoms with van der Waals surface area (Å²) in [5.41, 5.74) is 2.23. The van der Waals surface area contributed by atoms with Crippen LogP contribution in [0.15, 0.2) is 41.0 Å². The van der Waals surface area contributed by atoms with E-state index in [2.05, 4.69) is 35.3 Å². The Kier molecular flexibility index (Phi) is 5.81. The second-order valence-electron chi connectivity index (χ2n) is 5.28. The van der Waals surface area contributed by atoms with Crippen LogP contribution in [-0.4, -0.2) is 10.1 Å². The molecule has 1 aromatic heterocycles. The average molecular weight is 273 g/mol. The summed E-state index contributed by atoms with van der Waals surface area (Å²) in [4.78, 5) is 4.15. The lowest BCUT2D eigenvalue weighted by atomic mass is 10.0. The zero-order valence-corrected chi connectivity index (χ0v) is 12.1. The van der Waals surface area contributed by atoms with Crippen LogP contribution < -0.4 is 0 Å². The Hall–Kier alpha value is -1.61. The maximum atomic E-state index is 9.91. The van der Waals surface area contributed by atoms with Crippen LogP contribution in [0.4, 0.5) is 0 Å². The molecule has 108 valence electrons. The van der Waals surface area contributed by atoms with Gasteiger partial charge in [0, 0.05) is 0 Å². The lowest BCUT2D eigenvalue weighted by Gasteiger charge is -2.06. The highest BCUT2D eigenvalue weighted by Crippen LogP contribution is 2.19. The summed E-state index contributed by atoms with van der Waals surface area (Å²) in [5, 5.41) is 9.91. The lowest BCUT2D eigenvalue weighted by molar-refractivity contribution is 0.130. The molecule has 3 nitrogen and oxygen atoms in total. The minimum atomic E-state index is -0.558. The molecule has 0 amide bonds. The fourth-order valence-electron chi connectivity index (χ4n) is 2.31.